The zero-order valence-electron chi connectivity index (χ0n) is 14.3. The van der Waals surface area contributed by atoms with Gasteiger partial charge >= 0.3 is 0 Å². The van der Waals surface area contributed by atoms with E-state index in [9.17, 15) is 4.79 Å². The quantitative estimate of drug-likeness (QED) is 0.931. The summed E-state index contributed by atoms with van der Waals surface area (Å²) < 4.78 is 5.19. The maximum atomic E-state index is 12.3. The highest BCUT2D eigenvalue weighted by Crippen LogP contribution is 2.18. The van der Waals surface area contributed by atoms with Gasteiger partial charge < -0.3 is 19.5 Å². The summed E-state index contributed by atoms with van der Waals surface area (Å²) >= 11 is 0. The smallest absolute Gasteiger partial charge is 0.289 e. The number of hydrogen-bond acceptors (Lipinski definition) is 6. The minimum Gasteiger partial charge on any atom is -0.459 e. The fourth-order valence-corrected chi connectivity index (χ4v) is 2.62. The Hall–Kier alpha value is -2.57. The van der Waals surface area contributed by atoms with Gasteiger partial charge in [-0.05, 0) is 39.0 Å². The van der Waals surface area contributed by atoms with Crippen LogP contribution in [-0.4, -0.2) is 52.5 Å². The first-order chi connectivity index (χ1) is 11.4. The summed E-state index contributed by atoms with van der Waals surface area (Å²) in [5.41, 5.74) is -0.0905. The lowest BCUT2D eigenvalue weighted by atomic mass is 10.1. The monoisotopic (exact) mass is 329 g/mol. The largest absolute Gasteiger partial charge is 0.459 e. The molecule has 7 heteroatoms. The topological polar surface area (TPSA) is 74.5 Å². The molecule has 1 aliphatic heterocycles. The molecule has 24 heavy (non-hydrogen) atoms. The van der Waals surface area contributed by atoms with Crippen LogP contribution in [0.1, 0.15) is 31.3 Å². The number of nitrogens with zero attached hydrogens (tertiary/aromatic N) is 4. The first-order valence-electron chi connectivity index (χ1n) is 8.11. The van der Waals surface area contributed by atoms with Crippen LogP contribution < -0.4 is 10.2 Å². The number of piperazine rings is 1. The third kappa shape index (κ3) is 3.84. The minimum absolute atomic E-state index is 0.0579. The van der Waals surface area contributed by atoms with Gasteiger partial charge in [-0.1, -0.05) is 0 Å². The fourth-order valence-electron chi connectivity index (χ4n) is 2.62. The fraction of sp³-hybridized carbons (Fsp3) is 0.471. The summed E-state index contributed by atoms with van der Waals surface area (Å²) in [6.07, 6.45) is 3.28. The molecule has 1 N–H and O–H groups in total. The number of aromatic nitrogens is 2. The third-order valence-corrected chi connectivity index (χ3v) is 3.75. The number of rotatable bonds is 3. The Morgan fingerprint density at radius 2 is 1.96 bits per heavy atom. The third-order valence-electron chi connectivity index (χ3n) is 3.75. The molecule has 0 atom stereocenters. The Kier molecular flexibility index (Phi) is 4.42. The number of nitrogens with one attached hydrogen (secondary N) is 1. The maximum absolute atomic E-state index is 12.3. The van der Waals surface area contributed by atoms with Gasteiger partial charge in [0.2, 0.25) is 5.95 Å². The van der Waals surface area contributed by atoms with Crippen LogP contribution in [-0.2, 0) is 0 Å². The van der Waals surface area contributed by atoms with Gasteiger partial charge in [-0.25, -0.2) is 4.98 Å². The van der Waals surface area contributed by atoms with Crippen LogP contribution in [0.25, 0.3) is 0 Å². The molecule has 0 aliphatic carbocycles. The molecule has 2 aromatic rings. The lowest BCUT2D eigenvalue weighted by Gasteiger charge is -2.35. The van der Waals surface area contributed by atoms with Crippen LogP contribution in [0.15, 0.2) is 35.1 Å². The number of anilines is 2. The molecule has 0 radical (unpaired) electrons. The molecule has 0 saturated carbocycles. The molecule has 7 nitrogen and oxygen atoms in total. The standard InChI is InChI=1S/C17H23N5O2/c1-17(2,3)20-16-18-7-6-14(19-16)21-8-10-22(11-9-21)15(23)13-5-4-12-24-13/h4-7,12H,8-11H2,1-3H3,(H,18,19,20). The molecule has 3 rings (SSSR count). The van der Waals surface area contributed by atoms with Crippen molar-refractivity contribution in [2.24, 2.45) is 0 Å². The van der Waals surface area contributed by atoms with Crippen molar-refractivity contribution in [1.29, 1.82) is 0 Å². The van der Waals surface area contributed by atoms with Crippen molar-refractivity contribution < 1.29 is 9.21 Å². The summed E-state index contributed by atoms with van der Waals surface area (Å²) in [6.45, 7) is 8.97. The highest BCUT2D eigenvalue weighted by atomic mass is 16.3. The zero-order chi connectivity index (χ0) is 17.2. The average molecular weight is 329 g/mol. The van der Waals surface area contributed by atoms with Crippen molar-refractivity contribution in [1.82, 2.24) is 14.9 Å². The maximum Gasteiger partial charge on any atom is 0.289 e. The van der Waals surface area contributed by atoms with Crippen LogP contribution in [0.3, 0.4) is 0 Å². The normalized spacial score (nSPS) is 15.5. The van der Waals surface area contributed by atoms with E-state index in [2.05, 4.69) is 41.0 Å². The van der Waals surface area contributed by atoms with Gasteiger partial charge in [-0.3, -0.25) is 4.79 Å². The molecular formula is C17H23N5O2. The molecule has 0 bridgehead atoms. The van der Waals surface area contributed by atoms with E-state index in [1.165, 1.54) is 6.26 Å². The highest BCUT2D eigenvalue weighted by Gasteiger charge is 2.24. The van der Waals surface area contributed by atoms with Crippen molar-refractivity contribution in [3.63, 3.8) is 0 Å². The summed E-state index contributed by atoms with van der Waals surface area (Å²) in [6, 6.07) is 5.33. The zero-order valence-corrected chi connectivity index (χ0v) is 14.3. The summed E-state index contributed by atoms with van der Waals surface area (Å²) in [7, 11) is 0. The van der Waals surface area contributed by atoms with Crippen LogP contribution in [0, 0.1) is 0 Å². The van der Waals surface area contributed by atoms with Gasteiger partial charge in [0, 0.05) is 37.9 Å². The summed E-state index contributed by atoms with van der Waals surface area (Å²) in [5.74, 6) is 1.83. The average Bonchev–Trinajstić information content (AvgIpc) is 3.07. The molecule has 0 aromatic carbocycles. The summed E-state index contributed by atoms with van der Waals surface area (Å²) in [4.78, 5) is 25.1. The van der Waals surface area contributed by atoms with E-state index in [1.54, 1.807) is 18.3 Å². The molecule has 0 spiro atoms. The molecular weight excluding hydrogens is 306 g/mol. The highest BCUT2D eigenvalue weighted by molar-refractivity contribution is 5.91. The first kappa shape index (κ1) is 16.3. The van der Waals surface area contributed by atoms with Crippen LogP contribution >= 0.6 is 0 Å². The van der Waals surface area contributed by atoms with Crippen molar-refractivity contribution in [2.45, 2.75) is 26.3 Å². The van der Waals surface area contributed by atoms with E-state index >= 15 is 0 Å². The Morgan fingerprint density at radius 3 is 2.58 bits per heavy atom. The molecule has 3 heterocycles. The number of hydrogen-bond donors (Lipinski definition) is 1. The number of carbonyl (C=O) groups excluding carboxylic acids is 1. The molecule has 128 valence electrons. The van der Waals surface area contributed by atoms with Crippen LogP contribution in [0.4, 0.5) is 11.8 Å². The minimum atomic E-state index is -0.0905. The van der Waals surface area contributed by atoms with Gasteiger partial charge in [-0.2, -0.15) is 4.98 Å². The van der Waals surface area contributed by atoms with Crippen molar-refractivity contribution in [3.8, 4) is 0 Å². The van der Waals surface area contributed by atoms with E-state index in [0.717, 1.165) is 18.9 Å². The van der Waals surface area contributed by atoms with Crippen molar-refractivity contribution >= 4 is 17.7 Å². The van der Waals surface area contributed by atoms with Gasteiger partial charge in [0.25, 0.3) is 5.91 Å². The van der Waals surface area contributed by atoms with E-state index in [-0.39, 0.29) is 11.4 Å². The SMILES string of the molecule is CC(C)(C)Nc1nccc(N2CCN(C(=O)c3ccco3)CC2)n1. The van der Waals surface area contributed by atoms with Gasteiger partial charge in [0.05, 0.1) is 6.26 Å². The van der Waals surface area contributed by atoms with Crippen molar-refractivity contribution in [3.05, 3.63) is 36.4 Å². The molecule has 1 saturated heterocycles. The Labute approximate surface area is 141 Å². The Bertz CT molecular complexity index is 685. The van der Waals surface area contributed by atoms with E-state index in [1.807, 2.05) is 11.0 Å². The first-order valence-corrected chi connectivity index (χ1v) is 8.11. The molecule has 1 fully saturated rings. The second-order valence-electron chi connectivity index (χ2n) is 6.87. The van der Waals surface area contributed by atoms with E-state index in [4.69, 9.17) is 4.42 Å². The van der Waals surface area contributed by atoms with Gasteiger partial charge in [0.1, 0.15) is 5.82 Å². The summed E-state index contributed by atoms with van der Waals surface area (Å²) in [5, 5.41) is 3.28. The van der Waals surface area contributed by atoms with Gasteiger partial charge in [-0.15, -0.1) is 0 Å². The lowest BCUT2D eigenvalue weighted by Crippen LogP contribution is -2.49. The predicted molar refractivity (Wildman–Crippen MR) is 92.2 cm³/mol. The van der Waals surface area contributed by atoms with Crippen molar-refractivity contribution in [2.75, 3.05) is 36.4 Å². The molecule has 1 amide bonds. The Balaban J connectivity index is 1.62. The number of amides is 1. The lowest BCUT2D eigenvalue weighted by molar-refractivity contribution is 0.0714. The predicted octanol–water partition coefficient (Wildman–Crippen LogP) is 2.24. The molecule has 0 unspecified atom stereocenters. The Morgan fingerprint density at radius 1 is 1.21 bits per heavy atom. The van der Waals surface area contributed by atoms with E-state index < -0.39 is 0 Å². The molecule has 1 aliphatic rings. The van der Waals surface area contributed by atoms with Crippen LogP contribution in [0.5, 0.6) is 0 Å². The van der Waals surface area contributed by atoms with E-state index in [0.29, 0.717) is 24.8 Å². The number of furan rings is 1. The van der Waals surface area contributed by atoms with Gasteiger partial charge in [0.15, 0.2) is 5.76 Å². The second-order valence-corrected chi connectivity index (χ2v) is 6.87. The second kappa shape index (κ2) is 6.51. The molecule has 2 aromatic heterocycles. The number of carbonyl (C=O) groups is 1. The van der Waals surface area contributed by atoms with Crippen LogP contribution in [0.2, 0.25) is 0 Å².